The zero-order valence-electron chi connectivity index (χ0n) is 28.3. The minimum Gasteiger partial charge on any atom is -0.501 e. The second kappa shape index (κ2) is 20.3. The third-order valence-electron chi connectivity index (χ3n) is 7.00. The number of hydrogen-bond donors (Lipinski definition) is 0. The molecule has 0 saturated carbocycles. The number of hydrogen-bond acceptors (Lipinski definition) is 3. The van der Waals surface area contributed by atoms with Gasteiger partial charge in [0.2, 0.25) is 0 Å². The molecule has 0 bridgehead atoms. The van der Waals surface area contributed by atoms with Crippen LogP contribution in [0, 0.1) is 0 Å². The van der Waals surface area contributed by atoms with Gasteiger partial charge in [0.1, 0.15) is 5.41 Å². The van der Waals surface area contributed by atoms with Gasteiger partial charge in [0, 0.05) is 19.1 Å². The highest BCUT2D eigenvalue weighted by molar-refractivity contribution is 6.23. The molecule has 1 unspecified atom stereocenters. The quantitative estimate of drug-likeness (QED) is 0.145. The molecule has 0 aromatic heterocycles. The fourth-order valence-electron chi connectivity index (χ4n) is 5.31. The van der Waals surface area contributed by atoms with Crippen LogP contribution in [0.1, 0.15) is 100 Å². The molecule has 4 aromatic carbocycles. The highest BCUT2D eigenvalue weighted by atomic mass is 16.5. The third-order valence-corrected chi connectivity index (χ3v) is 7.00. The van der Waals surface area contributed by atoms with Crippen molar-refractivity contribution in [2.45, 2.75) is 80.6 Å². The van der Waals surface area contributed by atoms with Crippen LogP contribution >= 0.6 is 0 Å². The van der Waals surface area contributed by atoms with E-state index < -0.39 is 5.41 Å². The first-order chi connectivity index (χ1) is 21.2. The Morgan fingerprint density at radius 1 is 0.651 bits per heavy atom. The number of allylic oxidation sites excluding steroid dienone is 1. The van der Waals surface area contributed by atoms with E-state index in [4.69, 9.17) is 9.47 Å². The molecule has 5 rings (SSSR count). The minimum absolute atomic E-state index is 0.137. The number of ether oxygens (including phenoxy) is 2. The van der Waals surface area contributed by atoms with Crippen LogP contribution in [0.15, 0.2) is 97.3 Å². The van der Waals surface area contributed by atoms with Crippen LogP contribution in [0.3, 0.4) is 0 Å². The van der Waals surface area contributed by atoms with E-state index in [0.29, 0.717) is 13.2 Å². The Labute approximate surface area is 262 Å². The lowest BCUT2D eigenvalue weighted by atomic mass is 9.68. The Bertz CT molecular complexity index is 1360. The molecule has 0 radical (unpaired) electrons. The average Bonchev–Trinajstić information content (AvgIpc) is 3.36. The van der Waals surface area contributed by atoms with E-state index in [1.807, 2.05) is 80.5 Å². The molecule has 43 heavy (non-hydrogen) atoms. The van der Waals surface area contributed by atoms with E-state index in [1.54, 1.807) is 13.4 Å². The number of carbonyl (C=O) groups is 1. The van der Waals surface area contributed by atoms with Gasteiger partial charge in [-0.05, 0) is 51.9 Å². The summed E-state index contributed by atoms with van der Waals surface area (Å²) < 4.78 is 10.7. The first-order valence-electron chi connectivity index (χ1n) is 16.2. The van der Waals surface area contributed by atoms with E-state index in [1.165, 1.54) is 11.1 Å². The second-order valence-corrected chi connectivity index (χ2v) is 9.02. The summed E-state index contributed by atoms with van der Waals surface area (Å²) in [6, 6.07) is 29.3. The molecule has 3 heteroatoms. The molecule has 0 heterocycles. The third kappa shape index (κ3) is 8.24. The number of carbonyl (C=O) groups excluding carboxylic acids is 1. The minimum atomic E-state index is -0.872. The smallest absolute Gasteiger partial charge is 0.182 e. The summed E-state index contributed by atoms with van der Waals surface area (Å²) in [6.45, 7) is 19.2. The molecule has 0 amide bonds. The lowest BCUT2D eigenvalue weighted by Gasteiger charge is -2.31. The molecule has 3 nitrogen and oxygen atoms in total. The molecule has 0 N–H and O–H groups in total. The van der Waals surface area contributed by atoms with Crippen molar-refractivity contribution in [2.75, 3.05) is 20.3 Å². The fourth-order valence-corrected chi connectivity index (χ4v) is 5.31. The summed E-state index contributed by atoms with van der Waals surface area (Å²) in [6.07, 6.45) is 5.26. The highest BCUT2D eigenvalue weighted by Crippen LogP contribution is 2.50. The van der Waals surface area contributed by atoms with Crippen LogP contribution in [-0.4, -0.2) is 26.1 Å². The van der Waals surface area contributed by atoms with Gasteiger partial charge in [0.15, 0.2) is 5.78 Å². The zero-order valence-corrected chi connectivity index (χ0v) is 28.3. The van der Waals surface area contributed by atoms with Crippen LogP contribution in [0.4, 0.5) is 0 Å². The molecule has 0 fully saturated rings. The maximum Gasteiger partial charge on any atom is 0.182 e. The molecule has 4 aromatic rings. The van der Waals surface area contributed by atoms with Gasteiger partial charge in [-0.3, -0.25) is 4.79 Å². The summed E-state index contributed by atoms with van der Waals surface area (Å²) in [7, 11) is 1.72. The standard InChI is InChI=1S/C32H30O3.4C2H6/c1-3-20-35-22-19-24-12-16-27(17-13-24)32(26-14-10-23(11-15-26)18-21-34-2)29-9-5-7-25-6-4-8-28(30(25)29)31(32)33;4*1-2/h3-17,20H,18-19,21-22H2,1-2H3;4*1-2H3. The van der Waals surface area contributed by atoms with Crippen LogP contribution in [-0.2, 0) is 27.7 Å². The normalized spacial score (nSPS) is 14.3. The Morgan fingerprint density at radius 2 is 1.14 bits per heavy atom. The lowest BCUT2D eigenvalue weighted by Crippen LogP contribution is -2.35. The van der Waals surface area contributed by atoms with Gasteiger partial charge in [-0.2, -0.15) is 0 Å². The number of Topliss-reactive ketones (excluding diaryl/α,β-unsaturated/α-hetero) is 1. The number of benzene rings is 4. The predicted molar refractivity (Wildman–Crippen MR) is 186 cm³/mol. The summed E-state index contributed by atoms with van der Waals surface area (Å²) in [5.41, 5.74) is 5.36. The molecule has 0 spiro atoms. The maximum absolute atomic E-state index is 14.3. The van der Waals surface area contributed by atoms with Crippen molar-refractivity contribution in [1.29, 1.82) is 0 Å². The predicted octanol–water partition coefficient (Wildman–Crippen LogP) is 10.8. The van der Waals surface area contributed by atoms with Crippen LogP contribution < -0.4 is 0 Å². The highest BCUT2D eigenvalue weighted by Gasteiger charge is 2.49. The van der Waals surface area contributed by atoms with Crippen LogP contribution in [0.25, 0.3) is 10.8 Å². The van der Waals surface area contributed by atoms with E-state index in [9.17, 15) is 4.79 Å². The first-order valence-corrected chi connectivity index (χ1v) is 16.2. The van der Waals surface area contributed by atoms with E-state index in [2.05, 4.69) is 72.8 Å². The molecular weight excluding hydrogens is 528 g/mol. The van der Waals surface area contributed by atoms with Crippen LogP contribution in [0.2, 0.25) is 0 Å². The summed E-state index contributed by atoms with van der Waals surface area (Å²) in [4.78, 5) is 14.3. The Morgan fingerprint density at radius 3 is 1.63 bits per heavy atom. The largest absolute Gasteiger partial charge is 0.501 e. The molecule has 0 saturated heterocycles. The van der Waals surface area contributed by atoms with Crippen molar-refractivity contribution in [2.24, 2.45) is 0 Å². The number of ketones is 1. The van der Waals surface area contributed by atoms with Gasteiger partial charge >= 0.3 is 0 Å². The van der Waals surface area contributed by atoms with Crippen LogP contribution in [0.5, 0.6) is 0 Å². The summed E-state index contributed by atoms with van der Waals surface area (Å²) in [5.74, 6) is 0.137. The summed E-state index contributed by atoms with van der Waals surface area (Å²) in [5, 5.41) is 2.16. The average molecular weight is 583 g/mol. The molecule has 1 aliphatic rings. The Hall–Kier alpha value is -3.69. The second-order valence-electron chi connectivity index (χ2n) is 9.02. The van der Waals surface area contributed by atoms with Crippen molar-refractivity contribution in [3.63, 3.8) is 0 Å². The number of methoxy groups -OCH3 is 1. The first kappa shape index (κ1) is 37.3. The monoisotopic (exact) mass is 582 g/mol. The summed E-state index contributed by atoms with van der Waals surface area (Å²) >= 11 is 0. The van der Waals surface area contributed by atoms with Gasteiger partial charge in [-0.1, -0.05) is 146 Å². The zero-order chi connectivity index (χ0) is 32.3. The molecule has 0 aliphatic heterocycles. The van der Waals surface area contributed by atoms with Gasteiger partial charge < -0.3 is 9.47 Å². The maximum atomic E-state index is 14.3. The SMILES string of the molecule is CC.CC.CC.CC.CC=COCCc1ccc(C2(c3ccc(CCOC)cc3)C(=O)c3cccc4cccc2c34)cc1. The van der Waals surface area contributed by atoms with E-state index in [0.717, 1.165) is 45.9 Å². The lowest BCUT2D eigenvalue weighted by molar-refractivity contribution is 0.0945. The molecular formula is C40H54O3. The number of rotatable bonds is 9. The van der Waals surface area contributed by atoms with Crippen molar-refractivity contribution in [1.82, 2.24) is 0 Å². The van der Waals surface area contributed by atoms with Gasteiger partial charge in [0.25, 0.3) is 0 Å². The van der Waals surface area contributed by atoms with Gasteiger partial charge in [-0.15, -0.1) is 0 Å². The molecule has 1 atom stereocenters. The molecule has 232 valence electrons. The van der Waals surface area contributed by atoms with E-state index >= 15 is 0 Å². The van der Waals surface area contributed by atoms with Crippen molar-refractivity contribution in [3.8, 4) is 0 Å². The van der Waals surface area contributed by atoms with E-state index in [-0.39, 0.29) is 5.78 Å². The molecule has 1 aliphatic carbocycles. The van der Waals surface area contributed by atoms with Gasteiger partial charge in [0.05, 0.1) is 19.5 Å². The fraction of sp³-hybridized carbons (Fsp3) is 0.375. The topological polar surface area (TPSA) is 35.5 Å². The van der Waals surface area contributed by atoms with Crippen molar-refractivity contribution < 1.29 is 14.3 Å². The Balaban J connectivity index is 0.00000107. The van der Waals surface area contributed by atoms with Crippen molar-refractivity contribution >= 4 is 16.6 Å². The van der Waals surface area contributed by atoms with Crippen molar-refractivity contribution in [3.05, 3.63) is 131 Å². The van der Waals surface area contributed by atoms with Gasteiger partial charge in [-0.25, -0.2) is 0 Å². The Kier molecular flexibility index (Phi) is 17.6.